The number of hydrogen-bond donors (Lipinski definition) is 0. The average molecular weight is 365 g/mol. The molecule has 0 N–H and O–H groups in total. The normalized spacial score (nSPS) is 32.0. The van der Waals surface area contributed by atoms with Gasteiger partial charge in [-0.3, -0.25) is 19.7 Å². The summed E-state index contributed by atoms with van der Waals surface area (Å²) < 4.78 is 5.90. The molecule has 1 aromatic rings. The third-order valence-electron chi connectivity index (χ3n) is 4.29. The highest BCUT2D eigenvalue weighted by Gasteiger charge is 2.61. The fraction of sp³-hybridized carbons (Fsp3) is 0.286. The summed E-state index contributed by atoms with van der Waals surface area (Å²) in [5.74, 6) is -1.63. The van der Waals surface area contributed by atoms with Crippen LogP contribution in [0.3, 0.4) is 0 Å². The van der Waals surface area contributed by atoms with Crippen LogP contribution in [0.2, 0.25) is 0 Å². The number of nitro benzene ring substituents is 1. The quantitative estimate of drug-likeness (QED) is 0.345. The molecule has 0 spiro atoms. The Bertz CT molecular complexity index is 732. The molecule has 2 saturated heterocycles. The number of nitrogens with zero attached hydrogens (tertiary/aromatic N) is 2. The van der Waals surface area contributed by atoms with Crippen LogP contribution in [0, 0.1) is 22.0 Å². The lowest BCUT2D eigenvalue weighted by Gasteiger charge is -2.18. The molecule has 22 heavy (non-hydrogen) atoms. The average Bonchev–Trinajstić information content (AvgIpc) is 3.14. The zero-order chi connectivity index (χ0) is 15.6. The van der Waals surface area contributed by atoms with Crippen molar-refractivity contribution in [2.24, 2.45) is 11.8 Å². The zero-order valence-corrected chi connectivity index (χ0v) is 12.6. The topological polar surface area (TPSA) is 89.8 Å². The Morgan fingerprint density at radius 3 is 2.23 bits per heavy atom. The van der Waals surface area contributed by atoms with E-state index in [1.165, 1.54) is 18.2 Å². The molecule has 0 aliphatic carbocycles. The van der Waals surface area contributed by atoms with Gasteiger partial charge in [-0.05, 0) is 22.0 Å². The highest BCUT2D eigenvalue weighted by Crippen LogP contribution is 2.47. The van der Waals surface area contributed by atoms with Crippen LogP contribution in [0.5, 0.6) is 0 Å². The lowest BCUT2D eigenvalue weighted by atomic mass is 9.85. The van der Waals surface area contributed by atoms with Gasteiger partial charge in [0.1, 0.15) is 0 Å². The van der Waals surface area contributed by atoms with Crippen LogP contribution in [0.4, 0.5) is 11.4 Å². The van der Waals surface area contributed by atoms with Crippen LogP contribution in [-0.2, 0) is 14.3 Å². The smallest absolute Gasteiger partial charge is 0.270 e. The number of nitro groups is 1. The summed E-state index contributed by atoms with van der Waals surface area (Å²) >= 11 is 3.21. The Hall–Kier alpha value is -2.06. The number of ether oxygens (including phenoxy) is 1. The van der Waals surface area contributed by atoms with Crippen LogP contribution in [0.25, 0.3) is 0 Å². The number of halogens is 1. The third kappa shape index (κ3) is 1.65. The van der Waals surface area contributed by atoms with Gasteiger partial charge in [0.15, 0.2) is 0 Å². The highest BCUT2D eigenvalue weighted by atomic mass is 79.9. The predicted octanol–water partition coefficient (Wildman–Crippen LogP) is 1.80. The first kappa shape index (κ1) is 13.6. The van der Waals surface area contributed by atoms with Gasteiger partial charge in [0.05, 0.1) is 34.7 Å². The van der Waals surface area contributed by atoms with E-state index in [-0.39, 0.29) is 29.7 Å². The van der Waals surface area contributed by atoms with Gasteiger partial charge in [0.25, 0.3) is 5.69 Å². The summed E-state index contributed by atoms with van der Waals surface area (Å²) in [5.41, 5.74) is 0.217. The minimum Gasteiger partial charge on any atom is -0.365 e. The molecule has 8 heteroatoms. The molecule has 2 bridgehead atoms. The number of non-ortho nitro benzene ring substituents is 1. The fourth-order valence-electron chi connectivity index (χ4n) is 3.33. The van der Waals surface area contributed by atoms with Crippen molar-refractivity contribution in [1.82, 2.24) is 0 Å². The van der Waals surface area contributed by atoms with E-state index >= 15 is 0 Å². The monoisotopic (exact) mass is 364 g/mol. The molecule has 4 rings (SSSR count). The molecule has 3 heterocycles. The first-order chi connectivity index (χ1) is 10.5. The van der Waals surface area contributed by atoms with Crippen LogP contribution in [0.15, 0.2) is 34.8 Å². The Balaban J connectivity index is 1.74. The molecule has 2 fully saturated rings. The Morgan fingerprint density at radius 2 is 1.73 bits per heavy atom. The lowest BCUT2D eigenvalue weighted by molar-refractivity contribution is -0.384. The number of rotatable bonds is 2. The van der Waals surface area contributed by atoms with E-state index in [1.54, 1.807) is 0 Å². The molecule has 4 atom stereocenters. The van der Waals surface area contributed by atoms with Crippen molar-refractivity contribution in [3.8, 4) is 0 Å². The van der Waals surface area contributed by atoms with Crippen molar-refractivity contribution in [3.63, 3.8) is 0 Å². The van der Waals surface area contributed by atoms with Gasteiger partial charge < -0.3 is 4.74 Å². The van der Waals surface area contributed by atoms with E-state index in [2.05, 4.69) is 15.9 Å². The molecule has 1 aromatic carbocycles. The Morgan fingerprint density at radius 1 is 1.14 bits per heavy atom. The maximum absolute atomic E-state index is 12.6. The van der Waals surface area contributed by atoms with Gasteiger partial charge in [-0.1, -0.05) is 12.2 Å². The van der Waals surface area contributed by atoms with Crippen molar-refractivity contribution in [2.45, 2.75) is 12.2 Å². The standard InChI is InChI=1S/C14H9BrN2O5/c15-7-5-6(17(20)21)1-2-8(7)16-13(18)11-9-3-4-10(22-9)12(11)14(16)19/h1-5,9-12H/t9-,10-,11-,12-/m0/s1. The second kappa shape index (κ2) is 4.47. The molecule has 7 nitrogen and oxygen atoms in total. The number of hydrogen-bond acceptors (Lipinski definition) is 5. The van der Waals surface area contributed by atoms with Crippen molar-refractivity contribution in [1.29, 1.82) is 0 Å². The van der Waals surface area contributed by atoms with Crippen LogP contribution < -0.4 is 4.90 Å². The molecule has 2 amide bonds. The maximum atomic E-state index is 12.6. The van der Waals surface area contributed by atoms with Gasteiger partial charge >= 0.3 is 0 Å². The molecule has 0 unspecified atom stereocenters. The molecule has 0 radical (unpaired) electrons. The van der Waals surface area contributed by atoms with Crippen molar-refractivity contribution >= 4 is 39.1 Å². The van der Waals surface area contributed by atoms with Gasteiger partial charge in [-0.15, -0.1) is 0 Å². The van der Waals surface area contributed by atoms with Crippen molar-refractivity contribution in [3.05, 3.63) is 44.9 Å². The van der Waals surface area contributed by atoms with Crippen molar-refractivity contribution in [2.75, 3.05) is 4.90 Å². The van der Waals surface area contributed by atoms with Crippen LogP contribution in [0.1, 0.15) is 0 Å². The second-order valence-corrected chi connectivity index (χ2v) is 6.26. The molecular formula is C14H9BrN2O5. The number of benzene rings is 1. The van der Waals surface area contributed by atoms with Gasteiger partial charge in [-0.25, -0.2) is 4.90 Å². The van der Waals surface area contributed by atoms with E-state index in [9.17, 15) is 19.7 Å². The number of imide groups is 1. The van der Waals surface area contributed by atoms with Gasteiger partial charge in [-0.2, -0.15) is 0 Å². The minimum atomic E-state index is -0.533. The van der Waals surface area contributed by atoms with E-state index in [0.29, 0.717) is 10.2 Å². The third-order valence-corrected chi connectivity index (χ3v) is 4.93. The number of fused-ring (bicyclic) bond motifs is 5. The SMILES string of the molecule is O=C1[C@@H]2[C@@H](C(=O)N1c1ccc([N+](=O)[O-])cc1Br)[C@@H]1C=C[C@@H]2O1. The lowest BCUT2D eigenvalue weighted by Crippen LogP contribution is -2.34. The Labute approximate surface area is 132 Å². The van der Waals surface area contributed by atoms with E-state index < -0.39 is 16.8 Å². The van der Waals surface area contributed by atoms with E-state index in [0.717, 1.165) is 4.90 Å². The summed E-state index contributed by atoms with van der Waals surface area (Å²) in [6, 6.07) is 3.97. The number of carbonyl (C=O) groups is 2. The summed E-state index contributed by atoms with van der Waals surface area (Å²) in [7, 11) is 0. The minimum absolute atomic E-state index is 0.111. The molecule has 0 saturated carbocycles. The summed E-state index contributed by atoms with van der Waals surface area (Å²) in [6.45, 7) is 0. The highest BCUT2D eigenvalue weighted by molar-refractivity contribution is 9.10. The summed E-state index contributed by atoms with van der Waals surface area (Å²) in [5, 5.41) is 10.8. The summed E-state index contributed by atoms with van der Waals surface area (Å²) in [4.78, 5) is 36.5. The molecule has 112 valence electrons. The largest absolute Gasteiger partial charge is 0.365 e. The Kier molecular flexibility index (Phi) is 2.76. The zero-order valence-electron chi connectivity index (χ0n) is 11.0. The van der Waals surface area contributed by atoms with Gasteiger partial charge in [0.2, 0.25) is 11.8 Å². The first-order valence-electron chi connectivity index (χ1n) is 6.64. The summed E-state index contributed by atoms with van der Waals surface area (Å²) in [6.07, 6.45) is 2.91. The number of anilines is 1. The molecule has 3 aliphatic rings. The van der Waals surface area contributed by atoms with E-state index in [4.69, 9.17) is 4.74 Å². The fourth-order valence-corrected chi connectivity index (χ4v) is 3.88. The number of carbonyl (C=O) groups excluding carboxylic acids is 2. The van der Waals surface area contributed by atoms with Crippen LogP contribution >= 0.6 is 15.9 Å². The van der Waals surface area contributed by atoms with Crippen molar-refractivity contribution < 1.29 is 19.2 Å². The maximum Gasteiger partial charge on any atom is 0.270 e. The molecule has 3 aliphatic heterocycles. The van der Waals surface area contributed by atoms with E-state index in [1.807, 2.05) is 12.2 Å². The van der Waals surface area contributed by atoms with Gasteiger partial charge in [0, 0.05) is 16.6 Å². The predicted molar refractivity (Wildman–Crippen MR) is 78.1 cm³/mol. The second-order valence-electron chi connectivity index (χ2n) is 5.41. The molecule has 0 aromatic heterocycles. The molecular weight excluding hydrogens is 356 g/mol. The first-order valence-corrected chi connectivity index (χ1v) is 7.44. The number of amides is 2. The van der Waals surface area contributed by atoms with Crippen LogP contribution in [-0.4, -0.2) is 28.9 Å².